The molecule has 2 rings (SSSR count). The SMILES string of the molecule is Cc1ccccc1CC(F)(F)C1CCCNC1. The summed E-state index contributed by atoms with van der Waals surface area (Å²) in [7, 11) is 0. The van der Waals surface area contributed by atoms with Gasteiger partial charge in [-0.1, -0.05) is 24.3 Å². The molecular formula is C14H19F2N. The lowest BCUT2D eigenvalue weighted by molar-refractivity contribution is -0.0648. The molecule has 0 bridgehead atoms. The van der Waals surface area contributed by atoms with E-state index in [4.69, 9.17) is 0 Å². The Hall–Kier alpha value is -0.960. The third-order valence-corrected chi connectivity index (χ3v) is 3.58. The van der Waals surface area contributed by atoms with Crippen LogP contribution in [0.5, 0.6) is 0 Å². The molecule has 0 saturated carbocycles. The van der Waals surface area contributed by atoms with Crippen LogP contribution in [0, 0.1) is 12.8 Å². The normalized spacial score (nSPS) is 21.5. The zero-order valence-corrected chi connectivity index (χ0v) is 10.2. The summed E-state index contributed by atoms with van der Waals surface area (Å²) in [5, 5.41) is 3.06. The van der Waals surface area contributed by atoms with Crippen LogP contribution in [0.2, 0.25) is 0 Å². The van der Waals surface area contributed by atoms with Gasteiger partial charge < -0.3 is 5.32 Å². The monoisotopic (exact) mass is 239 g/mol. The molecule has 17 heavy (non-hydrogen) atoms. The van der Waals surface area contributed by atoms with Crippen molar-refractivity contribution in [3.05, 3.63) is 35.4 Å². The van der Waals surface area contributed by atoms with Crippen LogP contribution >= 0.6 is 0 Å². The van der Waals surface area contributed by atoms with E-state index in [0.29, 0.717) is 13.0 Å². The van der Waals surface area contributed by atoms with Gasteiger partial charge in [-0.15, -0.1) is 0 Å². The van der Waals surface area contributed by atoms with E-state index >= 15 is 0 Å². The molecule has 0 spiro atoms. The van der Waals surface area contributed by atoms with Crippen molar-refractivity contribution in [3.63, 3.8) is 0 Å². The Bertz CT molecular complexity index is 370. The number of hydrogen-bond acceptors (Lipinski definition) is 1. The molecule has 0 radical (unpaired) electrons. The number of aryl methyl sites for hydroxylation is 1. The fourth-order valence-corrected chi connectivity index (χ4v) is 2.42. The van der Waals surface area contributed by atoms with Crippen LogP contribution in [0.25, 0.3) is 0 Å². The largest absolute Gasteiger partial charge is 0.316 e. The Morgan fingerprint density at radius 2 is 2.12 bits per heavy atom. The summed E-state index contributed by atoms with van der Waals surface area (Å²) in [4.78, 5) is 0. The Morgan fingerprint density at radius 1 is 1.35 bits per heavy atom. The van der Waals surface area contributed by atoms with Crippen molar-refractivity contribution in [2.24, 2.45) is 5.92 Å². The summed E-state index contributed by atoms with van der Waals surface area (Å²) in [6.45, 7) is 3.21. The Balaban J connectivity index is 2.08. The van der Waals surface area contributed by atoms with Crippen LogP contribution in [0.15, 0.2) is 24.3 Å². The van der Waals surface area contributed by atoms with E-state index in [0.717, 1.165) is 24.1 Å². The molecule has 3 heteroatoms. The summed E-state index contributed by atoms with van der Waals surface area (Å²) in [6, 6.07) is 7.42. The van der Waals surface area contributed by atoms with Gasteiger partial charge >= 0.3 is 0 Å². The smallest absolute Gasteiger partial charge is 0.256 e. The average Bonchev–Trinajstić information content (AvgIpc) is 2.33. The molecule has 1 atom stereocenters. The molecule has 1 N–H and O–H groups in total. The minimum atomic E-state index is -2.60. The maximum absolute atomic E-state index is 14.1. The molecule has 1 aliphatic heterocycles. The molecule has 0 amide bonds. The molecule has 1 saturated heterocycles. The zero-order chi connectivity index (χ0) is 12.3. The maximum atomic E-state index is 14.1. The van der Waals surface area contributed by atoms with Crippen molar-refractivity contribution in [3.8, 4) is 0 Å². The highest BCUT2D eigenvalue weighted by molar-refractivity contribution is 5.26. The molecule has 1 aliphatic rings. The first-order chi connectivity index (χ1) is 8.09. The highest BCUT2D eigenvalue weighted by Crippen LogP contribution is 2.33. The van der Waals surface area contributed by atoms with Crippen LogP contribution in [-0.2, 0) is 6.42 Å². The fourth-order valence-electron chi connectivity index (χ4n) is 2.42. The van der Waals surface area contributed by atoms with Crippen molar-refractivity contribution in [1.82, 2.24) is 5.32 Å². The maximum Gasteiger partial charge on any atom is 0.256 e. The lowest BCUT2D eigenvalue weighted by Crippen LogP contribution is -2.42. The molecule has 1 fully saturated rings. The number of rotatable bonds is 3. The first-order valence-corrected chi connectivity index (χ1v) is 6.22. The first-order valence-electron chi connectivity index (χ1n) is 6.22. The minimum absolute atomic E-state index is 0.133. The molecule has 0 aliphatic carbocycles. The van der Waals surface area contributed by atoms with Gasteiger partial charge in [-0.25, -0.2) is 8.78 Å². The van der Waals surface area contributed by atoms with Crippen LogP contribution in [0.3, 0.4) is 0 Å². The second kappa shape index (κ2) is 5.13. The van der Waals surface area contributed by atoms with E-state index in [1.165, 1.54) is 0 Å². The lowest BCUT2D eigenvalue weighted by atomic mass is 9.88. The zero-order valence-electron chi connectivity index (χ0n) is 10.2. The number of halogens is 2. The van der Waals surface area contributed by atoms with E-state index in [1.807, 2.05) is 25.1 Å². The summed E-state index contributed by atoms with van der Waals surface area (Å²) < 4.78 is 28.3. The van der Waals surface area contributed by atoms with Crippen molar-refractivity contribution in [2.45, 2.75) is 32.1 Å². The van der Waals surface area contributed by atoms with Gasteiger partial charge in [0, 0.05) is 18.9 Å². The van der Waals surface area contributed by atoms with E-state index in [1.54, 1.807) is 6.07 Å². The topological polar surface area (TPSA) is 12.0 Å². The summed E-state index contributed by atoms with van der Waals surface area (Å²) >= 11 is 0. The van der Waals surface area contributed by atoms with E-state index < -0.39 is 11.8 Å². The molecule has 1 unspecified atom stereocenters. The number of benzene rings is 1. The van der Waals surface area contributed by atoms with Crippen LogP contribution in [0.1, 0.15) is 24.0 Å². The molecule has 1 nitrogen and oxygen atoms in total. The van der Waals surface area contributed by atoms with Gasteiger partial charge in [-0.2, -0.15) is 0 Å². The molecular weight excluding hydrogens is 220 g/mol. The van der Waals surface area contributed by atoms with Crippen LogP contribution in [-0.4, -0.2) is 19.0 Å². The summed E-state index contributed by atoms with van der Waals surface area (Å²) in [5.74, 6) is -3.12. The average molecular weight is 239 g/mol. The van der Waals surface area contributed by atoms with E-state index in [-0.39, 0.29) is 6.42 Å². The summed E-state index contributed by atoms with van der Waals surface area (Å²) in [6.07, 6.45) is 1.35. The van der Waals surface area contributed by atoms with Gasteiger partial charge in [0.15, 0.2) is 0 Å². The van der Waals surface area contributed by atoms with Crippen LogP contribution < -0.4 is 5.32 Å². The molecule has 0 aromatic heterocycles. The summed E-state index contributed by atoms with van der Waals surface area (Å²) in [5.41, 5.74) is 1.72. The molecule has 1 aromatic carbocycles. The second-order valence-corrected chi connectivity index (χ2v) is 4.91. The highest BCUT2D eigenvalue weighted by Gasteiger charge is 2.40. The number of alkyl halides is 2. The lowest BCUT2D eigenvalue weighted by Gasteiger charge is -2.31. The standard InChI is InChI=1S/C14H19F2N/c1-11-5-2-3-6-12(11)9-14(15,16)13-7-4-8-17-10-13/h2-3,5-6,13,17H,4,7-10H2,1H3. The van der Waals surface area contributed by atoms with E-state index in [9.17, 15) is 8.78 Å². The Kier molecular flexibility index (Phi) is 3.77. The number of piperidine rings is 1. The Labute approximate surface area is 101 Å². The quantitative estimate of drug-likeness (QED) is 0.854. The number of hydrogen-bond donors (Lipinski definition) is 1. The van der Waals surface area contributed by atoms with Gasteiger partial charge in [-0.05, 0) is 37.4 Å². The fraction of sp³-hybridized carbons (Fsp3) is 0.571. The predicted octanol–water partition coefficient (Wildman–Crippen LogP) is 3.17. The van der Waals surface area contributed by atoms with E-state index in [2.05, 4.69) is 5.32 Å². The van der Waals surface area contributed by atoms with Gasteiger partial charge in [-0.3, -0.25) is 0 Å². The van der Waals surface area contributed by atoms with Crippen molar-refractivity contribution >= 4 is 0 Å². The molecule has 94 valence electrons. The van der Waals surface area contributed by atoms with Gasteiger partial charge in [0.1, 0.15) is 0 Å². The molecule has 1 heterocycles. The predicted molar refractivity (Wildman–Crippen MR) is 65.4 cm³/mol. The first kappa shape index (κ1) is 12.5. The third kappa shape index (κ3) is 3.03. The van der Waals surface area contributed by atoms with Crippen molar-refractivity contribution < 1.29 is 8.78 Å². The minimum Gasteiger partial charge on any atom is -0.316 e. The Morgan fingerprint density at radius 3 is 2.76 bits per heavy atom. The molecule has 1 aromatic rings. The van der Waals surface area contributed by atoms with Gasteiger partial charge in [0.25, 0.3) is 5.92 Å². The van der Waals surface area contributed by atoms with Crippen molar-refractivity contribution in [2.75, 3.05) is 13.1 Å². The highest BCUT2D eigenvalue weighted by atomic mass is 19.3. The van der Waals surface area contributed by atoms with Crippen molar-refractivity contribution in [1.29, 1.82) is 0 Å². The van der Waals surface area contributed by atoms with Gasteiger partial charge in [0.2, 0.25) is 0 Å². The second-order valence-electron chi connectivity index (χ2n) is 4.91. The van der Waals surface area contributed by atoms with Crippen LogP contribution in [0.4, 0.5) is 8.78 Å². The number of nitrogens with one attached hydrogen (secondary N) is 1. The van der Waals surface area contributed by atoms with Gasteiger partial charge in [0.05, 0.1) is 0 Å². The third-order valence-electron chi connectivity index (χ3n) is 3.58.